The predicted octanol–water partition coefficient (Wildman–Crippen LogP) is 3.29. The molecule has 0 atom stereocenters. The van der Waals surface area contributed by atoms with Crippen LogP contribution in [-0.2, 0) is 11.2 Å². The number of hydrogen-bond acceptors (Lipinski definition) is 3. The van der Waals surface area contributed by atoms with Crippen molar-refractivity contribution >= 4 is 11.5 Å². The minimum Gasteiger partial charge on any atom is -0.299 e. The number of nitro benzene ring substituents is 1. The van der Waals surface area contributed by atoms with Gasteiger partial charge < -0.3 is 0 Å². The lowest BCUT2D eigenvalue weighted by molar-refractivity contribution is -0.384. The van der Waals surface area contributed by atoms with E-state index < -0.39 is 4.92 Å². The first kappa shape index (κ1) is 13.4. The van der Waals surface area contributed by atoms with Gasteiger partial charge in [0.2, 0.25) is 0 Å². The molecule has 1 rings (SSSR count). The van der Waals surface area contributed by atoms with Crippen LogP contribution in [0.4, 0.5) is 5.69 Å². The van der Waals surface area contributed by atoms with Crippen LogP contribution < -0.4 is 0 Å². The van der Waals surface area contributed by atoms with Gasteiger partial charge in [-0.15, -0.1) is 0 Å². The Bertz CT molecular complexity index is 384. The molecule has 0 N–H and O–H groups in total. The number of hydrogen-bond donors (Lipinski definition) is 0. The molecule has 0 heterocycles. The first-order valence-electron chi connectivity index (χ1n) is 5.88. The van der Waals surface area contributed by atoms with Crippen LogP contribution >= 0.6 is 0 Å². The largest absolute Gasteiger partial charge is 0.299 e. The molecule has 0 bridgehead atoms. The Morgan fingerprint density at radius 3 is 2.41 bits per heavy atom. The van der Waals surface area contributed by atoms with Crippen molar-refractivity contribution in [2.45, 2.75) is 39.0 Å². The Balaban J connectivity index is 2.46. The summed E-state index contributed by atoms with van der Waals surface area (Å²) in [5.74, 6) is 0.201. The van der Waals surface area contributed by atoms with Gasteiger partial charge in [0.1, 0.15) is 5.78 Å². The summed E-state index contributed by atoms with van der Waals surface area (Å²) in [5, 5.41) is 10.4. The van der Waals surface area contributed by atoms with E-state index in [1.165, 1.54) is 12.1 Å². The molecule has 0 aromatic heterocycles. The third-order valence-corrected chi connectivity index (χ3v) is 2.61. The van der Waals surface area contributed by atoms with Crippen LogP contribution in [0.1, 0.15) is 38.2 Å². The van der Waals surface area contributed by atoms with Gasteiger partial charge in [0.05, 0.1) is 4.92 Å². The molecule has 0 unspecified atom stereocenters. The van der Waals surface area contributed by atoms with E-state index in [1.54, 1.807) is 12.1 Å². The second-order valence-corrected chi connectivity index (χ2v) is 4.10. The molecule has 92 valence electrons. The molecule has 1 aromatic rings. The van der Waals surface area contributed by atoms with Crippen molar-refractivity contribution in [3.63, 3.8) is 0 Å². The Morgan fingerprint density at radius 2 is 1.88 bits per heavy atom. The van der Waals surface area contributed by atoms with Gasteiger partial charge in [0.15, 0.2) is 0 Å². The SMILES string of the molecule is CCCCCC(=O)Cc1ccc([N+](=O)[O-])cc1. The maximum Gasteiger partial charge on any atom is 0.269 e. The van der Waals surface area contributed by atoms with E-state index in [9.17, 15) is 14.9 Å². The number of ketones is 1. The predicted molar refractivity (Wildman–Crippen MR) is 65.9 cm³/mol. The second-order valence-electron chi connectivity index (χ2n) is 4.10. The summed E-state index contributed by atoms with van der Waals surface area (Å²) in [6.07, 6.45) is 4.09. The number of nitrogens with zero attached hydrogens (tertiary/aromatic N) is 1. The summed E-state index contributed by atoms with van der Waals surface area (Å²) in [5.41, 5.74) is 0.907. The van der Waals surface area contributed by atoms with E-state index in [0.29, 0.717) is 12.8 Å². The first-order valence-corrected chi connectivity index (χ1v) is 5.88. The van der Waals surface area contributed by atoms with E-state index >= 15 is 0 Å². The van der Waals surface area contributed by atoms with E-state index in [1.807, 2.05) is 0 Å². The normalized spacial score (nSPS) is 10.2. The third kappa shape index (κ3) is 4.76. The van der Waals surface area contributed by atoms with E-state index in [-0.39, 0.29) is 11.5 Å². The number of carbonyl (C=O) groups is 1. The monoisotopic (exact) mass is 235 g/mol. The van der Waals surface area contributed by atoms with E-state index in [2.05, 4.69) is 6.92 Å². The quantitative estimate of drug-likeness (QED) is 0.414. The number of benzene rings is 1. The molecule has 0 radical (unpaired) electrons. The van der Waals surface area contributed by atoms with Crippen molar-refractivity contribution < 1.29 is 9.72 Å². The number of Topliss-reactive ketones (excluding diaryl/α,β-unsaturated/α-hetero) is 1. The number of non-ortho nitro benzene ring substituents is 1. The standard InChI is InChI=1S/C13H17NO3/c1-2-3-4-5-13(15)10-11-6-8-12(9-7-11)14(16)17/h6-9H,2-5,10H2,1H3. The smallest absolute Gasteiger partial charge is 0.269 e. The Kier molecular flexibility index (Phi) is 5.33. The molecule has 0 aliphatic carbocycles. The number of unbranched alkanes of at least 4 members (excludes halogenated alkanes) is 2. The zero-order chi connectivity index (χ0) is 12.7. The Morgan fingerprint density at radius 1 is 1.24 bits per heavy atom. The van der Waals surface area contributed by atoms with Gasteiger partial charge in [-0.05, 0) is 12.0 Å². The number of rotatable bonds is 7. The van der Waals surface area contributed by atoms with E-state index in [0.717, 1.165) is 24.8 Å². The molecule has 4 heteroatoms. The molecule has 0 saturated heterocycles. The summed E-state index contributed by atoms with van der Waals surface area (Å²) >= 11 is 0. The molecular formula is C13H17NO3. The highest BCUT2D eigenvalue weighted by molar-refractivity contribution is 5.80. The van der Waals surface area contributed by atoms with Gasteiger partial charge in [-0.3, -0.25) is 14.9 Å². The van der Waals surface area contributed by atoms with Crippen LogP contribution in [0.15, 0.2) is 24.3 Å². The number of carbonyl (C=O) groups excluding carboxylic acids is 1. The second kappa shape index (κ2) is 6.78. The summed E-state index contributed by atoms with van der Waals surface area (Å²) < 4.78 is 0. The zero-order valence-electron chi connectivity index (χ0n) is 10.0. The van der Waals surface area contributed by atoms with Crippen LogP contribution in [0, 0.1) is 10.1 Å². The lowest BCUT2D eigenvalue weighted by Gasteiger charge is -2.01. The maximum absolute atomic E-state index is 11.6. The van der Waals surface area contributed by atoms with E-state index in [4.69, 9.17) is 0 Å². The highest BCUT2D eigenvalue weighted by atomic mass is 16.6. The molecule has 0 fully saturated rings. The minimum atomic E-state index is -0.438. The molecule has 0 spiro atoms. The average Bonchev–Trinajstić information content (AvgIpc) is 2.30. The van der Waals surface area contributed by atoms with Crippen LogP contribution in [0.25, 0.3) is 0 Å². The number of nitro groups is 1. The summed E-state index contributed by atoms with van der Waals surface area (Å²) in [6.45, 7) is 2.10. The lowest BCUT2D eigenvalue weighted by Crippen LogP contribution is -2.02. The molecule has 1 aromatic carbocycles. The highest BCUT2D eigenvalue weighted by Gasteiger charge is 2.07. The first-order chi connectivity index (χ1) is 8.13. The molecule has 0 aliphatic rings. The molecule has 0 aliphatic heterocycles. The molecule has 0 saturated carbocycles. The van der Waals surface area contributed by atoms with Crippen LogP contribution in [-0.4, -0.2) is 10.7 Å². The van der Waals surface area contributed by atoms with Gasteiger partial charge in [0.25, 0.3) is 5.69 Å². The van der Waals surface area contributed by atoms with Crippen molar-refractivity contribution in [1.29, 1.82) is 0 Å². The van der Waals surface area contributed by atoms with Crippen molar-refractivity contribution in [3.05, 3.63) is 39.9 Å². The minimum absolute atomic E-state index is 0.0622. The molecule has 17 heavy (non-hydrogen) atoms. The third-order valence-electron chi connectivity index (χ3n) is 2.61. The van der Waals surface area contributed by atoms with Gasteiger partial charge in [-0.2, -0.15) is 0 Å². The van der Waals surface area contributed by atoms with Gasteiger partial charge in [-0.1, -0.05) is 31.9 Å². The van der Waals surface area contributed by atoms with Crippen molar-refractivity contribution in [2.75, 3.05) is 0 Å². The average molecular weight is 235 g/mol. The molecule has 0 amide bonds. The molecule has 4 nitrogen and oxygen atoms in total. The maximum atomic E-state index is 11.6. The summed E-state index contributed by atoms with van der Waals surface area (Å²) in [6, 6.07) is 6.18. The van der Waals surface area contributed by atoms with Crippen LogP contribution in [0.2, 0.25) is 0 Å². The van der Waals surface area contributed by atoms with Gasteiger partial charge >= 0.3 is 0 Å². The lowest BCUT2D eigenvalue weighted by atomic mass is 10.0. The van der Waals surface area contributed by atoms with Crippen molar-refractivity contribution in [3.8, 4) is 0 Å². The van der Waals surface area contributed by atoms with Crippen LogP contribution in [0.5, 0.6) is 0 Å². The highest BCUT2D eigenvalue weighted by Crippen LogP contribution is 2.13. The Labute approximate surface area is 101 Å². The fourth-order valence-corrected chi connectivity index (χ4v) is 1.62. The Hall–Kier alpha value is -1.71. The summed E-state index contributed by atoms with van der Waals surface area (Å²) in [7, 11) is 0. The zero-order valence-corrected chi connectivity index (χ0v) is 10.0. The molecular weight excluding hydrogens is 218 g/mol. The topological polar surface area (TPSA) is 60.2 Å². The van der Waals surface area contributed by atoms with Crippen LogP contribution in [0.3, 0.4) is 0 Å². The fraction of sp³-hybridized carbons (Fsp3) is 0.462. The van der Waals surface area contributed by atoms with Crippen molar-refractivity contribution in [1.82, 2.24) is 0 Å². The summed E-state index contributed by atoms with van der Waals surface area (Å²) in [4.78, 5) is 21.6. The van der Waals surface area contributed by atoms with Crippen molar-refractivity contribution in [2.24, 2.45) is 0 Å². The van der Waals surface area contributed by atoms with Gasteiger partial charge in [0, 0.05) is 25.0 Å². The fourth-order valence-electron chi connectivity index (χ4n) is 1.62. The van der Waals surface area contributed by atoms with Gasteiger partial charge in [-0.25, -0.2) is 0 Å².